The van der Waals surface area contributed by atoms with Crippen LogP contribution in [0.3, 0.4) is 0 Å². The largest absolute Gasteiger partial charge is 0.341 e. The van der Waals surface area contributed by atoms with Gasteiger partial charge in [0, 0.05) is 78.3 Å². The fourth-order valence-corrected chi connectivity index (χ4v) is 4.28. The lowest BCUT2D eigenvalue weighted by molar-refractivity contribution is -0.131. The summed E-state index contributed by atoms with van der Waals surface area (Å²) in [6, 6.07) is 0.596. The van der Waals surface area contributed by atoms with Crippen molar-refractivity contribution in [1.82, 2.24) is 19.6 Å². The van der Waals surface area contributed by atoms with Crippen molar-refractivity contribution in [3.63, 3.8) is 0 Å². The Bertz CT molecular complexity index is 448. The van der Waals surface area contributed by atoms with Gasteiger partial charge in [0.25, 0.3) is 0 Å². The molecule has 0 aliphatic carbocycles. The van der Waals surface area contributed by atoms with Crippen LogP contribution in [0, 0.1) is 5.92 Å². The normalized spacial score (nSPS) is 30.4. The summed E-state index contributed by atoms with van der Waals surface area (Å²) in [6.07, 6.45) is 1.76. The second kappa shape index (κ2) is 7.18. The number of rotatable bonds is 4. The van der Waals surface area contributed by atoms with E-state index in [2.05, 4.69) is 16.7 Å². The number of hydrogen-bond donors (Lipinski definition) is 0. The van der Waals surface area contributed by atoms with Gasteiger partial charge in [0.05, 0.1) is 0 Å². The van der Waals surface area contributed by atoms with Gasteiger partial charge in [0.1, 0.15) is 0 Å². The zero-order chi connectivity index (χ0) is 16.4. The van der Waals surface area contributed by atoms with Gasteiger partial charge in [0.15, 0.2) is 0 Å². The lowest BCUT2D eigenvalue weighted by Gasteiger charge is -2.39. The fourth-order valence-electron chi connectivity index (χ4n) is 4.28. The summed E-state index contributed by atoms with van der Waals surface area (Å²) in [5.41, 5.74) is 0. The highest BCUT2D eigenvalue weighted by Crippen LogP contribution is 2.23. The van der Waals surface area contributed by atoms with Crippen LogP contribution in [-0.2, 0) is 9.59 Å². The summed E-state index contributed by atoms with van der Waals surface area (Å²) in [6.45, 7) is 12.8. The van der Waals surface area contributed by atoms with Crippen molar-refractivity contribution in [1.29, 1.82) is 0 Å². The predicted octanol–water partition coefficient (Wildman–Crippen LogP) is 0.0932. The van der Waals surface area contributed by atoms with Crippen LogP contribution in [0.15, 0.2) is 0 Å². The van der Waals surface area contributed by atoms with E-state index in [1.165, 1.54) is 0 Å². The molecule has 0 unspecified atom stereocenters. The van der Waals surface area contributed by atoms with E-state index in [0.29, 0.717) is 17.9 Å². The molecule has 3 saturated heterocycles. The summed E-state index contributed by atoms with van der Waals surface area (Å²) < 4.78 is 0. The first-order chi connectivity index (χ1) is 11.0. The maximum atomic E-state index is 11.7. The molecule has 2 amide bonds. The highest BCUT2D eigenvalue weighted by atomic mass is 16.2. The quantitative estimate of drug-likeness (QED) is 0.736. The minimum absolute atomic E-state index is 0.195. The smallest absolute Gasteiger partial charge is 0.222 e. The molecule has 0 aromatic carbocycles. The third kappa shape index (κ3) is 3.86. The number of carbonyl (C=O) groups excluding carboxylic acids is 2. The molecule has 0 spiro atoms. The van der Waals surface area contributed by atoms with Crippen LogP contribution in [0.1, 0.15) is 26.7 Å². The highest BCUT2D eigenvalue weighted by molar-refractivity contribution is 5.78. The van der Waals surface area contributed by atoms with E-state index in [4.69, 9.17) is 0 Å². The maximum absolute atomic E-state index is 11.7. The average Bonchev–Trinajstić information content (AvgIpc) is 3.11. The lowest BCUT2D eigenvalue weighted by Crippen LogP contribution is -2.53. The topological polar surface area (TPSA) is 47.1 Å². The average molecular weight is 322 g/mol. The minimum Gasteiger partial charge on any atom is -0.341 e. The Hall–Kier alpha value is -1.14. The van der Waals surface area contributed by atoms with E-state index in [9.17, 15) is 9.59 Å². The van der Waals surface area contributed by atoms with Crippen LogP contribution in [0.4, 0.5) is 0 Å². The van der Waals surface area contributed by atoms with Crippen molar-refractivity contribution in [2.45, 2.75) is 32.7 Å². The molecule has 6 heteroatoms. The molecule has 0 aromatic heterocycles. The Morgan fingerprint density at radius 1 is 1.09 bits per heavy atom. The molecule has 0 N–H and O–H groups in total. The van der Waals surface area contributed by atoms with E-state index >= 15 is 0 Å². The molecule has 130 valence electrons. The number of carbonyl (C=O) groups is 2. The maximum Gasteiger partial charge on any atom is 0.222 e. The van der Waals surface area contributed by atoms with Crippen molar-refractivity contribution in [3.05, 3.63) is 0 Å². The first-order valence-electron chi connectivity index (χ1n) is 9.04. The van der Waals surface area contributed by atoms with Gasteiger partial charge in [0.2, 0.25) is 11.8 Å². The first kappa shape index (κ1) is 16.7. The Balaban J connectivity index is 1.45. The molecule has 0 bridgehead atoms. The molecular formula is C17H30N4O2. The van der Waals surface area contributed by atoms with E-state index in [1.807, 2.05) is 9.80 Å². The number of likely N-dealkylation sites (tertiary alicyclic amines) is 2. The fraction of sp³-hybridized carbons (Fsp3) is 0.882. The van der Waals surface area contributed by atoms with Crippen LogP contribution in [0.25, 0.3) is 0 Å². The zero-order valence-corrected chi connectivity index (χ0v) is 14.5. The van der Waals surface area contributed by atoms with Crippen molar-refractivity contribution in [2.75, 3.05) is 58.9 Å². The number of hydrogen-bond acceptors (Lipinski definition) is 4. The second-order valence-corrected chi connectivity index (χ2v) is 7.33. The van der Waals surface area contributed by atoms with E-state index in [-0.39, 0.29) is 5.91 Å². The first-order valence-corrected chi connectivity index (χ1v) is 9.04. The summed E-state index contributed by atoms with van der Waals surface area (Å²) in [4.78, 5) is 32.2. The Kier molecular flexibility index (Phi) is 5.21. The van der Waals surface area contributed by atoms with Crippen molar-refractivity contribution in [3.8, 4) is 0 Å². The second-order valence-electron chi connectivity index (χ2n) is 7.33. The van der Waals surface area contributed by atoms with E-state index < -0.39 is 0 Å². The SMILES string of the molecule is CC(=O)N1CCN([C@@H]2CN(CCN3CCCC3=O)C[C@@H]2C)CC1. The van der Waals surface area contributed by atoms with Gasteiger partial charge < -0.3 is 9.80 Å². The van der Waals surface area contributed by atoms with Gasteiger partial charge in [-0.15, -0.1) is 0 Å². The molecule has 23 heavy (non-hydrogen) atoms. The van der Waals surface area contributed by atoms with Gasteiger partial charge in [-0.3, -0.25) is 19.4 Å². The molecule has 3 heterocycles. The Labute approximate surface area is 139 Å². The summed E-state index contributed by atoms with van der Waals surface area (Å²) in [5, 5.41) is 0. The van der Waals surface area contributed by atoms with Crippen LogP contribution in [-0.4, -0.2) is 96.4 Å². The van der Waals surface area contributed by atoms with Crippen molar-refractivity contribution in [2.24, 2.45) is 5.92 Å². The third-order valence-electron chi connectivity index (χ3n) is 5.73. The lowest BCUT2D eigenvalue weighted by atomic mass is 10.0. The van der Waals surface area contributed by atoms with Crippen LogP contribution in [0.5, 0.6) is 0 Å². The van der Waals surface area contributed by atoms with Crippen molar-refractivity contribution < 1.29 is 9.59 Å². The van der Waals surface area contributed by atoms with E-state index in [0.717, 1.165) is 71.7 Å². The summed E-state index contributed by atoms with van der Waals surface area (Å²) in [7, 11) is 0. The van der Waals surface area contributed by atoms with Crippen LogP contribution in [0.2, 0.25) is 0 Å². The molecule has 3 fully saturated rings. The third-order valence-corrected chi connectivity index (χ3v) is 5.73. The monoisotopic (exact) mass is 322 g/mol. The summed E-state index contributed by atoms with van der Waals surface area (Å²) in [5.74, 6) is 1.18. The molecule has 3 rings (SSSR count). The molecule has 0 radical (unpaired) electrons. The molecule has 6 nitrogen and oxygen atoms in total. The zero-order valence-electron chi connectivity index (χ0n) is 14.5. The van der Waals surface area contributed by atoms with Crippen molar-refractivity contribution >= 4 is 11.8 Å². The molecule has 3 aliphatic rings. The Morgan fingerprint density at radius 2 is 1.83 bits per heavy atom. The highest BCUT2D eigenvalue weighted by Gasteiger charge is 2.35. The van der Waals surface area contributed by atoms with Crippen LogP contribution < -0.4 is 0 Å². The minimum atomic E-state index is 0.195. The molecular weight excluding hydrogens is 292 g/mol. The number of piperazine rings is 1. The van der Waals surface area contributed by atoms with Gasteiger partial charge in [-0.25, -0.2) is 0 Å². The van der Waals surface area contributed by atoms with Gasteiger partial charge >= 0.3 is 0 Å². The molecule has 2 atom stereocenters. The summed E-state index contributed by atoms with van der Waals surface area (Å²) >= 11 is 0. The molecule has 0 saturated carbocycles. The predicted molar refractivity (Wildman–Crippen MR) is 89.0 cm³/mol. The number of amides is 2. The van der Waals surface area contributed by atoms with E-state index in [1.54, 1.807) is 6.92 Å². The van der Waals surface area contributed by atoms with Gasteiger partial charge in [-0.1, -0.05) is 6.92 Å². The Morgan fingerprint density at radius 3 is 2.43 bits per heavy atom. The molecule has 0 aromatic rings. The molecule has 3 aliphatic heterocycles. The van der Waals surface area contributed by atoms with Gasteiger partial charge in [-0.05, 0) is 12.3 Å². The van der Waals surface area contributed by atoms with Gasteiger partial charge in [-0.2, -0.15) is 0 Å². The van der Waals surface area contributed by atoms with Crippen LogP contribution >= 0.6 is 0 Å². The standard InChI is InChI=1S/C17H30N4O2/c1-14-12-18(6-7-21-5-3-4-17(21)23)13-16(14)20-10-8-19(9-11-20)15(2)22/h14,16H,3-13H2,1-2H3/t14-,16+/m0/s1. The number of nitrogens with zero attached hydrogens (tertiary/aromatic N) is 4.